The van der Waals surface area contributed by atoms with Gasteiger partial charge in [0.2, 0.25) is 5.78 Å². The number of aryl methyl sites for hydroxylation is 1. The first-order valence-electron chi connectivity index (χ1n) is 4.31. The first-order chi connectivity index (χ1) is 6.04. The number of nitrogens with zero attached hydrogens (tertiary/aromatic N) is 2. The topological polar surface area (TPSA) is 60.9 Å². The summed E-state index contributed by atoms with van der Waals surface area (Å²) in [6, 6.07) is -0.457. The van der Waals surface area contributed by atoms with E-state index in [0.29, 0.717) is 5.82 Å². The molecule has 0 amide bonds. The van der Waals surface area contributed by atoms with E-state index in [1.807, 2.05) is 13.8 Å². The van der Waals surface area contributed by atoms with Crippen LogP contribution in [0.5, 0.6) is 0 Å². The molecule has 0 unspecified atom stereocenters. The average Bonchev–Trinajstić information content (AvgIpc) is 2.48. The van der Waals surface area contributed by atoms with Gasteiger partial charge in [-0.05, 0) is 5.92 Å². The summed E-state index contributed by atoms with van der Waals surface area (Å²) >= 11 is 0. The number of ketones is 1. The summed E-state index contributed by atoms with van der Waals surface area (Å²) in [6.07, 6.45) is 3.33. The van der Waals surface area contributed by atoms with Crippen LogP contribution in [0.3, 0.4) is 0 Å². The first-order valence-corrected chi connectivity index (χ1v) is 4.31. The highest BCUT2D eigenvalue weighted by molar-refractivity contribution is 5.97. The third-order valence-electron chi connectivity index (χ3n) is 2.06. The van der Waals surface area contributed by atoms with E-state index in [2.05, 4.69) is 4.98 Å². The van der Waals surface area contributed by atoms with Crippen LogP contribution in [-0.2, 0) is 7.05 Å². The van der Waals surface area contributed by atoms with Crippen LogP contribution in [0.2, 0.25) is 0 Å². The van der Waals surface area contributed by atoms with Crippen molar-refractivity contribution in [1.82, 2.24) is 9.55 Å². The predicted octanol–water partition coefficient (Wildman–Crippen LogP) is 0.586. The summed E-state index contributed by atoms with van der Waals surface area (Å²) in [5.74, 6) is 0.480. The van der Waals surface area contributed by atoms with Gasteiger partial charge in [-0.25, -0.2) is 4.98 Å². The summed E-state index contributed by atoms with van der Waals surface area (Å²) in [5.41, 5.74) is 5.72. The lowest BCUT2D eigenvalue weighted by atomic mass is 10.0. The van der Waals surface area contributed by atoms with E-state index in [1.54, 1.807) is 24.0 Å². The van der Waals surface area contributed by atoms with Crippen molar-refractivity contribution in [3.8, 4) is 0 Å². The van der Waals surface area contributed by atoms with Crippen molar-refractivity contribution < 1.29 is 4.79 Å². The molecule has 0 aliphatic rings. The van der Waals surface area contributed by atoms with Gasteiger partial charge in [-0.1, -0.05) is 13.8 Å². The van der Waals surface area contributed by atoms with Gasteiger partial charge < -0.3 is 10.3 Å². The molecule has 1 heterocycles. The van der Waals surface area contributed by atoms with Crippen molar-refractivity contribution in [2.75, 3.05) is 0 Å². The number of carbonyl (C=O) groups is 1. The van der Waals surface area contributed by atoms with Crippen LogP contribution in [-0.4, -0.2) is 21.4 Å². The minimum atomic E-state index is -0.457. The van der Waals surface area contributed by atoms with Gasteiger partial charge in [0, 0.05) is 19.4 Å². The summed E-state index contributed by atoms with van der Waals surface area (Å²) < 4.78 is 1.69. The molecule has 1 aromatic heterocycles. The van der Waals surface area contributed by atoms with Gasteiger partial charge in [0.05, 0.1) is 6.04 Å². The van der Waals surface area contributed by atoms with E-state index in [4.69, 9.17) is 5.73 Å². The molecule has 0 radical (unpaired) electrons. The van der Waals surface area contributed by atoms with Crippen LogP contribution in [0, 0.1) is 5.92 Å². The SMILES string of the molecule is CC(C)[C@H](N)C(=O)c1nccn1C. The minimum Gasteiger partial charge on any atom is -0.332 e. The van der Waals surface area contributed by atoms with Crippen LogP contribution in [0.1, 0.15) is 24.5 Å². The largest absolute Gasteiger partial charge is 0.332 e. The zero-order valence-electron chi connectivity index (χ0n) is 8.19. The smallest absolute Gasteiger partial charge is 0.215 e. The lowest BCUT2D eigenvalue weighted by Gasteiger charge is -2.13. The van der Waals surface area contributed by atoms with Crippen LogP contribution in [0.4, 0.5) is 0 Å². The zero-order valence-corrected chi connectivity index (χ0v) is 8.19. The molecule has 4 nitrogen and oxygen atoms in total. The quantitative estimate of drug-likeness (QED) is 0.694. The lowest BCUT2D eigenvalue weighted by Crippen LogP contribution is -2.36. The van der Waals surface area contributed by atoms with Crippen molar-refractivity contribution >= 4 is 5.78 Å². The Labute approximate surface area is 77.8 Å². The number of nitrogens with two attached hydrogens (primary N) is 1. The molecule has 0 aliphatic carbocycles. The average molecular weight is 181 g/mol. The first kappa shape index (κ1) is 9.92. The molecular formula is C9H15N3O. The van der Waals surface area contributed by atoms with E-state index in [0.717, 1.165) is 0 Å². The number of hydrogen-bond donors (Lipinski definition) is 1. The van der Waals surface area contributed by atoms with Gasteiger partial charge >= 0.3 is 0 Å². The third-order valence-corrected chi connectivity index (χ3v) is 2.06. The van der Waals surface area contributed by atoms with Crippen LogP contribution in [0.15, 0.2) is 12.4 Å². The highest BCUT2D eigenvalue weighted by Crippen LogP contribution is 2.05. The third kappa shape index (κ3) is 1.95. The molecule has 0 aliphatic heterocycles. The van der Waals surface area contributed by atoms with E-state index >= 15 is 0 Å². The molecular weight excluding hydrogens is 166 g/mol. The maximum atomic E-state index is 11.7. The second-order valence-corrected chi connectivity index (χ2v) is 3.50. The Morgan fingerprint density at radius 3 is 2.62 bits per heavy atom. The van der Waals surface area contributed by atoms with Crippen LogP contribution >= 0.6 is 0 Å². The van der Waals surface area contributed by atoms with Crippen molar-refractivity contribution in [1.29, 1.82) is 0 Å². The number of rotatable bonds is 3. The van der Waals surface area contributed by atoms with Crippen LogP contribution in [0.25, 0.3) is 0 Å². The maximum Gasteiger partial charge on any atom is 0.215 e. The molecule has 0 saturated heterocycles. The summed E-state index contributed by atoms with van der Waals surface area (Å²) in [4.78, 5) is 15.6. The Morgan fingerprint density at radius 1 is 1.62 bits per heavy atom. The molecule has 13 heavy (non-hydrogen) atoms. The number of imidazole rings is 1. The zero-order chi connectivity index (χ0) is 10.0. The summed E-state index contributed by atoms with van der Waals surface area (Å²) in [5, 5.41) is 0. The van der Waals surface area contributed by atoms with Gasteiger partial charge in [0.15, 0.2) is 5.82 Å². The molecule has 0 bridgehead atoms. The van der Waals surface area contributed by atoms with Gasteiger partial charge in [0.1, 0.15) is 0 Å². The number of Topliss-reactive ketones (excluding diaryl/α,β-unsaturated/α-hetero) is 1. The summed E-state index contributed by atoms with van der Waals surface area (Å²) in [6.45, 7) is 3.84. The fourth-order valence-electron chi connectivity index (χ4n) is 1.05. The Hall–Kier alpha value is -1.16. The minimum absolute atomic E-state index is 0.0949. The summed E-state index contributed by atoms with van der Waals surface area (Å²) in [7, 11) is 1.78. The van der Waals surface area contributed by atoms with E-state index in [9.17, 15) is 4.79 Å². The van der Waals surface area contributed by atoms with Gasteiger partial charge in [-0.2, -0.15) is 0 Å². The number of aromatic nitrogens is 2. The normalized spacial score (nSPS) is 13.3. The Bertz CT molecular complexity index is 304. The van der Waals surface area contributed by atoms with E-state index in [-0.39, 0.29) is 11.7 Å². The molecule has 72 valence electrons. The lowest BCUT2D eigenvalue weighted by molar-refractivity contribution is 0.0927. The van der Waals surface area contributed by atoms with Crippen molar-refractivity contribution in [3.05, 3.63) is 18.2 Å². The number of carbonyl (C=O) groups excluding carboxylic acids is 1. The van der Waals surface area contributed by atoms with E-state index in [1.165, 1.54) is 0 Å². The van der Waals surface area contributed by atoms with Crippen molar-refractivity contribution in [2.24, 2.45) is 18.7 Å². The molecule has 1 rings (SSSR count). The second kappa shape index (κ2) is 3.70. The Balaban J connectivity index is 2.86. The van der Waals surface area contributed by atoms with Crippen LogP contribution < -0.4 is 5.73 Å². The van der Waals surface area contributed by atoms with Gasteiger partial charge in [0.25, 0.3) is 0 Å². The molecule has 0 spiro atoms. The Kier molecular flexibility index (Phi) is 2.83. The molecule has 2 N–H and O–H groups in total. The molecule has 0 fully saturated rings. The molecule has 4 heteroatoms. The molecule has 0 saturated carbocycles. The highest BCUT2D eigenvalue weighted by Gasteiger charge is 2.21. The molecule has 1 atom stereocenters. The fourth-order valence-corrected chi connectivity index (χ4v) is 1.05. The fraction of sp³-hybridized carbons (Fsp3) is 0.556. The number of hydrogen-bond acceptors (Lipinski definition) is 3. The molecule has 0 aromatic carbocycles. The highest BCUT2D eigenvalue weighted by atomic mass is 16.1. The van der Waals surface area contributed by atoms with Crippen molar-refractivity contribution in [3.63, 3.8) is 0 Å². The predicted molar refractivity (Wildman–Crippen MR) is 50.4 cm³/mol. The van der Waals surface area contributed by atoms with Crippen molar-refractivity contribution in [2.45, 2.75) is 19.9 Å². The maximum absolute atomic E-state index is 11.7. The van der Waals surface area contributed by atoms with Gasteiger partial charge in [-0.3, -0.25) is 4.79 Å². The standard InChI is InChI=1S/C9H15N3O/c1-6(2)7(10)8(13)9-11-4-5-12(9)3/h4-7H,10H2,1-3H3/t7-/m0/s1. The monoisotopic (exact) mass is 181 g/mol. The Morgan fingerprint density at radius 2 is 2.23 bits per heavy atom. The van der Waals surface area contributed by atoms with E-state index < -0.39 is 6.04 Å². The molecule has 1 aromatic rings. The second-order valence-electron chi connectivity index (χ2n) is 3.50. The van der Waals surface area contributed by atoms with Gasteiger partial charge in [-0.15, -0.1) is 0 Å².